The fraction of sp³-hybridized carbons (Fsp3) is 0.400. The molecule has 32 heavy (non-hydrogen) atoms. The number of fused-ring (bicyclic) bond motifs is 1. The number of carbonyl (C=O) groups excluding carboxylic acids is 1. The number of hydrogen-bond donors (Lipinski definition) is 1. The van der Waals surface area contributed by atoms with Crippen LogP contribution in [0.2, 0.25) is 0 Å². The van der Waals surface area contributed by atoms with Gasteiger partial charge in [-0.3, -0.25) is 4.79 Å². The van der Waals surface area contributed by atoms with Gasteiger partial charge in [0, 0.05) is 30.2 Å². The number of nitrogens with one attached hydrogen (secondary N) is 1. The second-order valence-corrected chi connectivity index (χ2v) is 10.3. The predicted molar refractivity (Wildman–Crippen MR) is 120 cm³/mol. The highest BCUT2D eigenvalue weighted by Gasteiger charge is 2.28. The quantitative estimate of drug-likeness (QED) is 0.535. The van der Waals surface area contributed by atoms with E-state index in [1.807, 2.05) is 19.9 Å². The van der Waals surface area contributed by atoms with Crippen molar-refractivity contribution in [2.24, 2.45) is 0 Å². The predicted octanol–water partition coefficient (Wildman–Crippen LogP) is 1.80. The average molecular weight is 477 g/mol. The Kier molecular flexibility index (Phi) is 6.47. The van der Waals surface area contributed by atoms with E-state index in [9.17, 15) is 13.2 Å². The number of aryl methyl sites for hydroxylation is 3. The Hall–Kier alpha value is -2.54. The van der Waals surface area contributed by atoms with Gasteiger partial charge in [-0.15, -0.1) is 5.10 Å². The second kappa shape index (κ2) is 9.14. The van der Waals surface area contributed by atoms with Gasteiger partial charge in [0.25, 0.3) is 5.78 Å². The lowest BCUT2D eigenvalue weighted by molar-refractivity contribution is -0.113. The van der Waals surface area contributed by atoms with Gasteiger partial charge in [-0.05, 0) is 44.5 Å². The zero-order chi connectivity index (χ0) is 22.9. The minimum Gasteiger partial charge on any atom is -0.379 e. The first-order valence-electron chi connectivity index (χ1n) is 10.1. The van der Waals surface area contributed by atoms with E-state index in [2.05, 4.69) is 20.4 Å². The molecular formula is C20H24N6O4S2. The first-order chi connectivity index (χ1) is 15.2. The summed E-state index contributed by atoms with van der Waals surface area (Å²) in [6.07, 6.45) is 0. The van der Waals surface area contributed by atoms with Gasteiger partial charge in [0.2, 0.25) is 21.1 Å². The van der Waals surface area contributed by atoms with Crippen molar-refractivity contribution >= 4 is 39.2 Å². The molecule has 10 nitrogen and oxygen atoms in total. The molecule has 1 aromatic carbocycles. The van der Waals surface area contributed by atoms with Crippen molar-refractivity contribution in [2.45, 2.75) is 30.8 Å². The van der Waals surface area contributed by atoms with Gasteiger partial charge in [0.1, 0.15) is 0 Å². The summed E-state index contributed by atoms with van der Waals surface area (Å²) in [6, 6.07) is 6.79. The first kappa shape index (κ1) is 22.6. The van der Waals surface area contributed by atoms with Crippen molar-refractivity contribution in [3.8, 4) is 0 Å². The molecule has 3 heterocycles. The van der Waals surface area contributed by atoms with Gasteiger partial charge >= 0.3 is 0 Å². The summed E-state index contributed by atoms with van der Waals surface area (Å²) in [5.41, 5.74) is 2.80. The lowest BCUT2D eigenvalue weighted by Gasteiger charge is -2.26. The lowest BCUT2D eigenvalue weighted by atomic mass is 10.2. The number of carbonyl (C=O) groups is 1. The molecule has 0 aliphatic carbocycles. The second-order valence-electron chi connectivity index (χ2n) is 7.48. The van der Waals surface area contributed by atoms with Crippen LogP contribution >= 0.6 is 11.8 Å². The normalized spacial score (nSPS) is 15.2. The number of rotatable bonds is 6. The van der Waals surface area contributed by atoms with Gasteiger partial charge in [0.15, 0.2) is 0 Å². The number of nitrogens with zero attached hydrogens (tertiary/aromatic N) is 5. The summed E-state index contributed by atoms with van der Waals surface area (Å²) >= 11 is 1.19. The zero-order valence-electron chi connectivity index (χ0n) is 18.0. The molecule has 12 heteroatoms. The molecule has 1 amide bonds. The maximum atomic E-state index is 13.0. The molecule has 1 fully saturated rings. The van der Waals surface area contributed by atoms with E-state index in [4.69, 9.17) is 4.74 Å². The van der Waals surface area contributed by atoms with Crippen LogP contribution < -0.4 is 5.32 Å². The third kappa shape index (κ3) is 4.77. The van der Waals surface area contributed by atoms with Crippen LogP contribution in [0, 0.1) is 20.8 Å². The van der Waals surface area contributed by atoms with Gasteiger partial charge in [-0.1, -0.05) is 17.8 Å². The van der Waals surface area contributed by atoms with Crippen LogP contribution in [-0.4, -0.2) is 70.3 Å². The number of sulfonamides is 1. The van der Waals surface area contributed by atoms with Crippen LogP contribution in [0.5, 0.6) is 0 Å². The number of ether oxygens (including phenoxy) is 1. The molecule has 170 valence electrons. The van der Waals surface area contributed by atoms with Crippen LogP contribution in [0.25, 0.3) is 5.78 Å². The molecule has 0 bridgehead atoms. The van der Waals surface area contributed by atoms with Gasteiger partial charge in [0.05, 0.1) is 23.9 Å². The van der Waals surface area contributed by atoms with Crippen LogP contribution in [0.3, 0.4) is 0 Å². The molecule has 4 rings (SSSR count). The highest BCUT2D eigenvalue weighted by molar-refractivity contribution is 7.99. The third-order valence-electron chi connectivity index (χ3n) is 4.99. The molecule has 3 aromatic rings. The lowest BCUT2D eigenvalue weighted by Crippen LogP contribution is -2.40. The molecule has 0 unspecified atom stereocenters. The summed E-state index contributed by atoms with van der Waals surface area (Å²) in [5.74, 6) is 0.282. The van der Waals surface area contributed by atoms with Gasteiger partial charge < -0.3 is 10.1 Å². The summed E-state index contributed by atoms with van der Waals surface area (Å²) < 4.78 is 34.3. The summed E-state index contributed by atoms with van der Waals surface area (Å²) in [4.78, 5) is 21.4. The molecule has 1 saturated heterocycles. The number of benzene rings is 1. The van der Waals surface area contributed by atoms with E-state index in [0.29, 0.717) is 48.5 Å². The van der Waals surface area contributed by atoms with E-state index in [1.54, 1.807) is 23.6 Å². The Bertz CT molecular complexity index is 1270. The Balaban J connectivity index is 1.44. The maximum Gasteiger partial charge on any atom is 0.253 e. The Morgan fingerprint density at radius 3 is 2.66 bits per heavy atom. The van der Waals surface area contributed by atoms with Crippen LogP contribution in [0.1, 0.15) is 17.0 Å². The molecule has 2 aromatic heterocycles. The first-order valence-corrected chi connectivity index (χ1v) is 12.5. The summed E-state index contributed by atoms with van der Waals surface area (Å²) in [5, 5.41) is 7.58. The molecule has 0 spiro atoms. The number of anilines is 1. The topological polar surface area (TPSA) is 119 Å². The average Bonchev–Trinajstić information content (AvgIpc) is 3.17. The van der Waals surface area contributed by atoms with Crippen molar-refractivity contribution in [3.63, 3.8) is 0 Å². The minimum absolute atomic E-state index is 0.0777. The van der Waals surface area contributed by atoms with Crippen molar-refractivity contribution in [2.75, 3.05) is 37.4 Å². The van der Waals surface area contributed by atoms with Crippen LogP contribution in [0.4, 0.5) is 5.69 Å². The fourth-order valence-electron chi connectivity index (χ4n) is 3.42. The minimum atomic E-state index is -3.66. The fourth-order valence-corrected chi connectivity index (χ4v) is 5.69. The SMILES string of the molecule is Cc1cc(C)n2nc(SCC(=O)Nc3ccc(C)c(S(=O)(=O)N4CCOCC4)c3)nc2n1. The molecule has 0 radical (unpaired) electrons. The smallest absolute Gasteiger partial charge is 0.253 e. The number of thioether (sulfide) groups is 1. The molecule has 1 aliphatic rings. The molecule has 0 atom stereocenters. The van der Waals surface area contributed by atoms with Crippen LogP contribution in [-0.2, 0) is 19.6 Å². The van der Waals surface area contributed by atoms with Crippen molar-refractivity contribution < 1.29 is 17.9 Å². The zero-order valence-corrected chi connectivity index (χ0v) is 19.7. The van der Waals surface area contributed by atoms with E-state index < -0.39 is 10.0 Å². The number of morpholine rings is 1. The van der Waals surface area contributed by atoms with Crippen LogP contribution in [0.15, 0.2) is 34.3 Å². The highest BCUT2D eigenvalue weighted by atomic mass is 32.2. The monoisotopic (exact) mass is 476 g/mol. The van der Waals surface area contributed by atoms with Gasteiger partial charge in [-0.25, -0.2) is 17.9 Å². The standard InChI is InChI=1S/C20H24N6O4S2/c1-13-4-5-16(11-17(13)32(28,29)25-6-8-30-9-7-25)22-18(27)12-31-20-23-19-21-14(2)10-15(3)26(19)24-20/h4-5,10-11H,6-9,12H2,1-3H3,(H,22,27). The molecule has 1 N–H and O–H groups in total. The summed E-state index contributed by atoms with van der Waals surface area (Å²) in [6.45, 7) is 6.91. The Morgan fingerprint density at radius 1 is 1.16 bits per heavy atom. The highest BCUT2D eigenvalue weighted by Crippen LogP contribution is 2.25. The van der Waals surface area contributed by atoms with E-state index in [1.165, 1.54) is 22.1 Å². The Labute approximate surface area is 190 Å². The molecule has 0 saturated carbocycles. The number of aromatic nitrogens is 4. The number of amides is 1. The third-order valence-corrected chi connectivity index (χ3v) is 7.87. The van der Waals surface area contributed by atoms with Crippen molar-refractivity contribution in [1.29, 1.82) is 0 Å². The Morgan fingerprint density at radius 2 is 1.91 bits per heavy atom. The summed E-state index contributed by atoms with van der Waals surface area (Å²) in [7, 11) is -3.66. The largest absolute Gasteiger partial charge is 0.379 e. The number of hydrogen-bond acceptors (Lipinski definition) is 8. The van der Waals surface area contributed by atoms with Gasteiger partial charge in [-0.2, -0.15) is 9.29 Å². The molecular weight excluding hydrogens is 452 g/mol. The van der Waals surface area contributed by atoms with Crippen molar-refractivity contribution in [3.05, 3.63) is 41.2 Å². The van der Waals surface area contributed by atoms with E-state index in [0.717, 1.165) is 11.4 Å². The molecule has 1 aliphatic heterocycles. The maximum absolute atomic E-state index is 13.0. The van der Waals surface area contributed by atoms with E-state index in [-0.39, 0.29) is 16.6 Å². The van der Waals surface area contributed by atoms with Crippen molar-refractivity contribution in [1.82, 2.24) is 23.9 Å². The van der Waals surface area contributed by atoms with E-state index >= 15 is 0 Å².